The number of aromatic amines is 1. The van der Waals surface area contributed by atoms with E-state index in [2.05, 4.69) is 9.97 Å². The Labute approximate surface area is 138 Å². The number of alkyl halides is 1. The number of carbonyl (C=O) groups excluding carboxylic acids is 1. The van der Waals surface area contributed by atoms with Crippen LogP contribution >= 0.6 is 24.0 Å². The number of carboxylic acid groups (broad SMARTS) is 1. The molecule has 1 heterocycles. The summed E-state index contributed by atoms with van der Waals surface area (Å²) in [6, 6.07) is 12.6. The van der Waals surface area contributed by atoms with Gasteiger partial charge in [-0.2, -0.15) is 0 Å². The van der Waals surface area contributed by atoms with Crippen LogP contribution in [0, 0.1) is 0 Å². The minimum atomic E-state index is -1.17. The van der Waals surface area contributed by atoms with Crippen molar-refractivity contribution in [2.24, 2.45) is 0 Å². The van der Waals surface area contributed by atoms with Crippen LogP contribution in [0.4, 0.5) is 0 Å². The normalized spacial score (nSPS) is 10.4. The maximum Gasteiger partial charge on any atom is 0.111 e. The average Bonchev–Trinajstić information content (AvgIpc) is 2.88. The van der Waals surface area contributed by atoms with E-state index in [1.54, 1.807) is 24.3 Å². The molecule has 0 unspecified atom stereocenters. The second-order valence-corrected chi connectivity index (χ2v) is 5.06. The van der Waals surface area contributed by atoms with Crippen LogP contribution < -0.4 is 5.11 Å². The van der Waals surface area contributed by atoms with Crippen molar-refractivity contribution < 1.29 is 9.90 Å². The summed E-state index contributed by atoms with van der Waals surface area (Å²) in [5.74, 6) is -0.0192. The third-order valence-electron chi connectivity index (χ3n) is 3.34. The number of aromatic nitrogens is 2. The van der Waals surface area contributed by atoms with Gasteiger partial charge in [-0.25, -0.2) is 4.98 Å². The molecule has 0 radical (unpaired) electrons. The molecule has 0 aliphatic rings. The fourth-order valence-corrected chi connectivity index (χ4v) is 2.50. The van der Waals surface area contributed by atoms with Crippen molar-refractivity contribution in [2.45, 2.75) is 12.3 Å². The van der Waals surface area contributed by atoms with Crippen molar-refractivity contribution in [3.05, 3.63) is 65.0 Å². The van der Waals surface area contributed by atoms with Gasteiger partial charge in [0, 0.05) is 17.9 Å². The molecule has 22 heavy (non-hydrogen) atoms. The standard InChI is InChI=1S/C16H13ClN2O2.ClH/c17-9-10-5-6-13-14(7-10)19-15(18-13)8-11-3-1-2-4-12(11)16(20)21;/h1-7H,8-9H2,(H,18,19)(H,20,21);1H/p-1. The molecule has 0 aliphatic heterocycles. The lowest BCUT2D eigenvalue weighted by Crippen LogP contribution is -2.23. The van der Waals surface area contributed by atoms with Crippen LogP contribution in [-0.2, 0) is 12.3 Å². The van der Waals surface area contributed by atoms with Crippen molar-refractivity contribution in [3.8, 4) is 0 Å². The lowest BCUT2D eigenvalue weighted by atomic mass is 10.0. The molecule has 0 spiro atoms. The highest BCUT2D eigenvalue weighted by Crippen LogP contribution is 2.18. The van der Waals surface area contributed by atoms with Crippen LogP contribution in [0.1, 0.15) is 27.3 Å². The first-order chi connectivity index (χ1) is 10.2. The van der Waals surface area contributed by atoms with Crippen molar-refractivity contribution in [1.82, 2.24) is 9.97 Å². The van der Waals surface area contributed by atoms with Crippen molar-refractivity contribution >= 4 is 41.0 Å². The van der Waals surface area contributed by atoms with Crippen LogP contribution in [0.3, 0.4) is 0 Å². The molecule has 0 bridgehead atoms. The maximum atomic E-state index is 11.1. The van der Waals surface area contributed by atoms with E-state index in [4.69, 9.17) is 11.6 Å². The van der Waals surface area contributed by atoms with Crippen molar-refractivity contribution in [3.63, 3.8) is 0 Å². The number of nitrogens with zero attached hydrogens (tertiary/aromatic N) is 1. The van der Waals surface area contributed by atoms with Crippen LogP contribution in [0.5, 0.6) is 0 Å². The van der Waals surface area contributed by atoms with Crippen LogP contribution in [0.2, 0.25) is 0 Å². The van der Waals surface area contributed by atoms with E-state index >= 15 is 0 Å². The molecule has 114 valence electrons. The Morgan fingerprint density at radius 2 is 2.00 bits per heavy atom. The van der Waals surface area contributed by atoms with Crippen molar-refractivity contribution in [2.75, 3.05) is 0 Å². The highest BCUT2D eigenvalue weighted by Gasteiger charge is 2.08. The molecule has 6 heteroatoms. The fourth-order valence-electron chi connectivity index (χ4n) is 2.33. The van der Waals surface area contributed by atoms with E-state index in [0.29, 0.717) is 23.7 Å². The quantitative estimate of drug-likeness (QED) is 0.745. The first-order valence-electron chi connectivity index (χ1n) is 6.50. The molecule has 1 N–H and O–H groups in total. The van der Waals surface area contributed by atoms with Gasteiger partial charge in [0.25, 0.3) is 0 Å². The highest BCUT2D eigenvalue weighted by molar-refractivity contribution is 6.17. The summed E-state index contributed by atoms with van der Waals surface area (Å²) in [7, 11) is 0. The summed E-state index contributed by atoms with van der Waals surface area (Å²) < 4.78 is 0. The van der Waals surface area contributed by atoms with E-state index in [0.717, 1.165) is 16.6 Å². The van der Waals surface area contributed by atoms with E-state index in [1.807, 2.05) is 18.2 Å². The summed E-state index contributed by atoms with van der Waals surface area (Å²) in [5.41, 5.74) is 3.61. The molecule has 0 atom stereocenters. The van der Waals surface area contributed by atoms with E-state index < -0.39 is 5.97 Å². The molecule has 0 saturated carbocycles. The Kier molecular flexibility index (Phi) is 5.06. The Hall–Kier alpha value is -2.04. The number of benzene rings is 2. The number of hydrogen-bond donors (Lipinski definition) is 1. The molecule has 3 aromatic rings. The van der Waals surface area contributed by atoms with Gasteiger partial charge in [-0.3, -0.25) is 0 Å². The lowest BCUT2D eigenvalue weighted by molar-refractivity contribution is -0.255. The third-order valence-corrected chi connectivity index (χ3v) is 3.65. The highest BCUT2D eigenvalue weighted by atomic mass is 35.5. The second-order valence-electron chi connectivity index (χ2n) is 4.79. The average molecular weight is 336 g/mol. The van der Waals surface area contributed by atoms with Crippen LogP contribution in [-0.4, -0.2) is 15.9 Å². The molecule has 0 fully saturated rings. The minimum absolute atomic E-state index is 0. The molecular weight excluding hydrogens is 323 g/mol. The summed E-state index contributed by atoms with van der Waals surface area (Å²) in [6.07, 6.45) is 0.412. The maximum absolute atomic E-state index is 11.1. The number of H-pyrrole nitrogens is 1. The lowest BCUT2D eigenvalue weighted by Gasteiger charge is -2.08. The summed E-state index contributed by atoms with van der Waals surface area (Å²) in [5, 5.41) is 11.1. The van der Waals surface area contributed by atoms with Gasteiger partial charge in [-0.15, -0.1) is 24.0 Å². The van der Waals surface area contributed by atoms with Gasteiger partial charge in [0.05, 0.1) is 17.0 Å². The number of rotatable bonds is 4. The zero-order valence-corrected chi connectivity index (χ0v) is 13.1. The third kappa shape index (κ3) is 3.24. The zero-order valence-electron chi connectivity index (χ0n) is 11.5. The van der Waals surface area contributed by atoms with Gasteiger partial charge in [-0.1, -0.05) is 30.3 Å². The Bertz CT molecular complexity index is 815. The molecule has 0 saturated heterocycles. The molecule has 4 nitrogen and oxygen atoms in total. The number of halogens is 2. The number of hydrogen-bond acceptors (Lipinski definition) is 3. The Morgan fingerprint density at radius 1 is 1.23 bits per heavy atom. The topological polar surface area (TPSA) is 68.8 Å². The minimum Gasteiger partial charge on any atom is -0.545 e. The second kappa shape index (κ2) is 6.81. The summed E-state index contributed by atoms with van der Waals surface area (Å²) >= 11 is 5.81. The van der Waals surface area contributed by atoms with Gasteiger partial charge in [0.1, 0.15) is 5.82 Å². The summed E-state index contributed by atoms with van der Waals surface area (Å²) in [4.78, 5) is 18.8. The van der Waals surface area contributed by atoms with Gasteiger partial charge >= 0.3 is 0 Å². The number of carboxylic acids is 1. The largest absolute Gasteiger partial charge is 0.545 e. The predicted molar refractivity (Wildman–Crippen MR) is 86.5 cm³/mol. The molecule has 3 rings (SSSR count). The number of nitrogens with one attached hydrogen (secondary N) is 1. The SMILES string of the molecule is Cl.O=C([O-])c1ccccc1Cc1nc2ccc(CCl)cc2[nH]1. The molecule has 0 aliphatic carbocycles. The number of imidazole rings is 1. The molecule has 0 amide bonds. The van der Waals surface area contributed by atoms with Crippen LogP contribution in [0.25, 0.3) is 11.0 Å². The first kappa shape index (κ1) is 16.3. The Balaban J connectivity index is 0.00000176. The number of carbonyl (C=O) groups is 1. The molecular formula is C16H13Cl2N2O2-. The van der Waals surface area contributed by atoms with Gasteiger partial charge in [0.15, 0.2) is 0 Å². The Morgan fingerprint density at radius 3 is 2.73 bits per heavy atom. The fraction of sp³-hybridized carbons (Fsp3) is 0.125. The van der Waals surface area contributed by atoms with E-state index in [9.17, 15) is 9.90 Å². The molecule has 1 aromatic heterocycles. The zero-order chi connectivity index (χ0) is 14.8. The number of fused-ring (bicyclic) bond motifs is 1. The monoisotopic (exact) mass is 335 g/mol. The predicted octanol–water partition coefficient (Wildman–Crippen LogP) is 2.68. The van der Waals surface area contributed by atoms with E-state index in [1.165, 1.54) is 0 Å². The van der Waals surface area contributed by atoms with Gasteiger partial charge < -0.3 is 14.9 Å². The summed E-state index contributed by atoms with van der Waals surface area (Å²) in [6.45, 7) is 0. The van der Waals surface area contributed by atoms with Crippen molar-refractivity contribution in [1.29, 1.82) is 0 Å². The molecule has 2 aromatic carbocycles. The van der Waals surface area contributed by atoms with E-state index in [-0.39, 0.29) is 18.0 Å². The van der Waals surface area contributed by atoms with Crippen LogP contribution in [0.15, 0.2) is 42.5 Å². The smallest absolute Gasteiger partial charge is 0.111 e. The van der Waals surface area contributed by atoms with Gasteiger partial charge in [0.2, 0.25) is 0 Å². The van der Waals surface area contributed by atoms with Gasteiger partial charge in [-0.05, 0) is 23.3 Å². The first-order valence-corrected chi connectivity index (χ1v) is 7.03. The number of aromatic carboxylic acids is 1.